The Hall–Kier alpha value is -1.15. The van der Waals surface area contributed by atoms with E-state index in [0.717, 1.165) is 11.4 Å². The third-order valence-corrected chi connectivity index (χ3v) is 4.78. The predicted molar refractivity (Wildman–Crippen MR) is 59.6 cm³/mol. The van der Waals surface area contributed by atoms with Crippen molar-refractivity contribution in [1.29, 1.82) is 0 Å². The van der Waals surface area contributed by atoms with E-state index in [0.29, 0.717) is 0 Å². The lowest BCUT2D eigenvalue weighted by Crippen LogP contribution is -2.43. The molecule has 0 saturated carbocycles. The summed E-state index contributed by atoms with van der Waals surface area (Å²) in [5.41, 5.74) is 0. The Kier molecular flexibility index (Phi) is 4.47. The first-order valence-corrected chi connectivity index (χ1v) is 6.73. The summed E-state index contributed by atoms with van der Waals surface area (Å²) in [5.74, 6) is -0.984. The summed E-state index contributed by atoms with van der Waals surface area (Å²) in [6.45, 7) is 1.80. The van der Waals surface area contributed by atoms with Gasteiger partial charge in [0.25, 0.3) is 0 Å². The zero-order valence-electron chi connectivity index (χ0n) is 9.80. The summed E-state index contributed by atoms with van der Waals surface area (Å²) >= 11 is 0. The number of carbonyl (C=O) groups is 2. The molecule has 1 fully saturated rings. The number of amides is 1. The molecule has 1 amide bonds. The molecule has 8 heteroatoms. The molecule has 0 bridgehead atoms. The van der Waals surface area contributed by atoms with Crippen molar-refractivity contribution in [2.45, 2.75) is 18.6 Å². The minimum atomic E-state index is -3.75. The number of nitrogens with one attached hydrogen (secondary N) is 1. The summed E-state index contributed by atoms with van der Waals surface area (Å²) in [4.78, 5) is 22.3. The molecular formula is C9H16N2O5S. The minimum Gasteiger partial charge on any atom is -0.468 e. The van der Waals surface area contributed by atoms with Gasteiger partial charge in [-0.2, -0.15) is 4.31 Å². The summed E-state index contributed by atoms with van der Waals surface area (Å²) in [5, 5.41) is 1.32. The molecule has 98 valence electrons. The number of hydrogen-bond acceptors (Lipinski definition) is 5. The second-order valence-corrected chi connectivity index (χ2v) is 5.96. The lowest BCUT2D eigenvalue weighted by molar-refractivity contribution is -0.139. The van der Waals surface area contributed by atoms with Gasteiger partial charge in [-0.05, 0) is 6.92 Å². The van der Waals surface area contributed by atoms with Gasteiger partial charge in [0.15, 0.2) is 5.25 Å². The van der Waals surface area contributed by atoms with E-state index in [1.54, 1.807) is 0 Å². The number of methoxy groups -OCH3 is 1. The van der Waals surface area contributed by atoms with Crippen molar-refractivity contribution in [1.82, 2.24) is 9.62 Å². The van der Waals surface area contributed by atoms with Gasteiger partial charge < -0.3 is 10.1 Å². The van der Waals surface area contributed by atoms with Crippen LogP contribution in [0.25, 0.3) is 0 Å². The minimum absolute atomic E-state index is 0.0928. The first kappa shape index (κ1) is 13.9. The Morgan fingerprint density at radius 1 is 1.47 bits per heavy atom. The van der Waals surface area contributed by atoms with Crippen LogP contribution in [0, 0.1) is 0 Å². The predicted octanol–water partition coefficient (Wildman–Crippen LogP) is -1.30. The molecule has 1 N–H and O–H groups in total. The number of esters is 1. The summed E-state index contributed by atoms with van der Waals surface area (Å²) < 4.78 is 29.6. The molecule has 1 saturated heterocycles. The third kappa shape index (κ3) is 3.16. The molecule has 0 aromatic heterocycles. The van der Waals surface area contributed by atoms with E-state index in [4.69, 9.17) is 0 Å². The van der Waals surface area contributed by atoms with E-state index >= 15 is 0 Å². The molecule has 1 aliphatic heterocycles. The highest BCUT2D eigenvalue weighted by Crippen LogP contribution is 2.12. The highest BCUT2D eigenvalue weighted by Gasteiger charge is 2.35. The molecule has 1 unspecified atom stereocenters. The number of sulfonamides is 1. The molecule has 0 aromatic carbocycles. The van der Waals surface area contributed by atoms with Crippen molar-refractivity contribution in [2.75, 3.05) is 26.7 Å². The van der Waals surface area contributed by atoms with Crippen LogP contribution in [0.5, 0.6) is 0 Å². The molecule has 0 aromatic rings. The largest absolute Gasteiger partial charge is 0.468 e. The fourth-order valence-corrected chi connectivity index (χ4v) is 2.99. The first-order chi connectivity index (χ1) is 7.89. The third-order valence-electron chi connectivity index (χ3n) is 2.61. The number of carbonyl (C=O) groups excluding carboxylic acids is 2. The van der Waals surface area contributed by atoms with Crippen molar-refractivity contribution < 1.29 is 22.7 Å². The van der Waals surface area contributed by atoms with Gasteiger partial charge in [-0.15, -0.1) is 0 Å². The van der Waals surface area contributed by atoms with Gasteiger partial charge in [-0.25, -0.2) is 8.42 Å². The molecule has 7 nitrogen and oxygen atoms in total. The van der Waals surface area contributed by atoms with Crippen LogP contribution in [0.1, 0.15) is 13.3 Å². The number of rotatable bonds is 3. The van der Waals surface area contributed by atoms with Crippen molar-refractivity contribution in [3.63, 3.8) is 0 Å². The zero-order valence-corrected chi connectivity index (χ0v) is 10.6. The highest BCUT2D eigenvalue weighted by molar-refractivity contribution is 7.90. The van der Waals surface area contributed by atoms with Gasteiger partial charge in [-0.3, -0.25) is 9.59 Å². The lowest BCUT2D eigenvalue weighted by Gasteiger charge is -2.22. The van der Waals surface area contributed by atoms with Crippen LogP contribution in [0.2, 0.25) is 0 Å². The van der Waals surface area contributed by atoms with Crippen LogP contribution in [0.15, 0.2) is 0 Å². The van der Waals surface area contributed by atoms with E-state index in [2.05, 4.69) is 10.1 Å². The monoisotopic (exact) mass is 264 g/mol. The summed E-state index contributed by atoms with van der Waals surface area (Å²) in [7, 11) is -2.61. The molecule has 1 atom stereocenters. The standard InChI is InChI=1S/C9H16N2O5S/c1-7(9(13)16-2)17(14,15)11-5-3-8(12)10-4-6-11/h7H,3-6H2,1-2H3,(H,10,12). The molecule has 0 aliphatic carbocycles. The number of hydrogen-bond donors (Lipinski definition) is 1. The van der Waals surface area contributed by atoms with E-state index in [1.165, 1.54) is 6.92 Å². The van der Waals surface area contributed by atoms with E-state index in [-0.39, 0.29) is 32.0 Å². The second-order valence-electron chi connectivity index (χ2n) is 3.71. The molecule has 1 rings (SSSR count). The molecule has 0 spiro atoms. The van der Waals surface area contributed by atoms with Crippen LogP contribution in [0.4, 0.5) is 0 Å². The number of nitrogens with zero attached hydrogens (tertiary/aromatic N) is 1. The van der Waals surface area contributed by atoms with Crippen molar-refractivity contribution in [3.8, 4) is 0 Å². The Morgan fingerprint density at radius 3 is 2.71 bits per heavy atom. The van der Waals surface area contributed by atoms with E-state index in [1.807, 2.05) is 0 Å². The van der Waals surface area contributed by atoms with E-state index in [9.17, 15) is 18.0 Å². The van der Waals surface area contributed by atoms with Crippen molar-refractivity contribution in [3.05, 3.63) is 0 Å². The average Bonchev–Trinajstić information content (AvgIpc) is 2.52. The fraction of sp³-hybridized carbons (Fsp3) is 0.778. The van der Waals surface area contributed by atoms with Crippen LogP contribution >= 0.6 is 0 Å². The van der Waals surface area contributed by atoms with Gasteiger partial charge in [-0.1, -0.05) is 0 Å². The van der Waals surface area contributed by atoms with Gasteiger partial charge >= 0.3 is 5.97 Å². The van der Waals surface area contributed by atoms with Gasteiger partial charge in [0, 0.05) is 26.1 Å². The Labute approximate surface area is 100 Å². The van der Waals surface area contributed by atoms with Crippen molar-refractivity contribution >= 4 is 21.9 Å². The van der Waals surface area contributed by atoms with Crippen LogP contribution in [-0.2, 0) is 24.3 Å². The Morgan fingerprint density at radius 2 is 2.12 bits per heavy atom. The van der Waals surface area contributed by atoms with Gasteiger partial charge in [0.2, 0.25) is 15.9 Å². The molecule has 17 heavy (non-hydrogen) atoms. The SMILES string of the molecule is COC(=O)C(C)S(=O)(=O)N1CCNC(=O)CC1. The van der Waals surface area contributed by atoms with E-state index < -0.39 is 21.2 Å². The topological polar surface area (TPSA) is 92.8 Å². The maximum absolute atomic E-state index is 12.0. The molecule has 0 radical (unpaired) electrons. The Bertz CT molecular complexity index is 406. The smallest absolute Gasteiger partial charge is 0.325 e. The van der Waals surface area contributed by atoms with Gasteiger partial charge in [0.1, 0.15) is 0 Å². The maximum atomic E-state index is 12.0. The van der Waals surface area contributed by atoms with Crippen LogP contribution in [0.3, 0.4) is 0 Å². The molecule has 1 aliphatic rings. The van der Waals surface area contributed by atoms with Crippen LogP contribution < -0.4 is 5.32 Å². The summed E-state index contributed by atoms with van der Waals surface area (Å²) in [6.07, 6.45) is 0.104. The Balaban J connectivity index is 2.82. The molecular weight excluding hydrogens is 248 g/mol. The van der Waals surface area contributed by atoms with Gasteiger partial charge in [0.05, 0.1) is 7.11 Å². The summed E-state index contributed by atoms with van der Waals surface area (Å²) in [6, 6.07) is 0. The number of ether oxygens (including phenoxy) is 1. The van der Waals surface area contributed by atoms with Crippen LogP contribution in [-0.4, -0.2) is 56.6 Å². The second kappa shape index (κ2) is 5.46. The quantitative estimate of drug-likeness (QED) is 0.640. The fourth-order valence-electron chi connectivity index (χ4n) is 1.51. The zero-order chi connectivity index (χ0) is 13.1. The highest BCUT2D eigenvalue weighted by atomic mass is 32.2. The normalized spacial score (nSPS) is 20.2. The molecule has 1 heterocycles. The van der Waals surface area contributed by atoms with Crippen molar-refractivity contribution in [2.24, 2.45) is 0 Å². The lowest BCUT2D eigenvalue weighted by atomic mass is 10.4. The average molecular weight is 264 g/mol. The first-order valence-electron chi connectivity index (χ1n) is 5.23. The maximum Gasteiger partial charge on any atom is 0.325 e.